The summed E-state index contributed by atoms with van der Waals surface area (Å²) < 4.78 is 0. The zero-order valence-electron chi connectivity index (χ0n) is 13.0. The van der Waals surface area contributed by atoms with Crippen LogP contribution in [-0.2, 0) is 11.2 Å². The largest absolute Gasteiger partial charge is 0.353 e. The molecule has 1 unspecified atom stereocenters. The second kappa shape index (κ2) is 9.07. The van der Waals surface area contributed by atoms with Crippen molar-refractivity contribution in [3.63, 3.8) is 0 Å². The Balaban J connectivity index is 2.04. The summed E-state index contributed by atoms with van der Waals surface area (Å²) in [5.41, 5.74) is 1.01. The van der Waals surface area contributed by atoms with Gasteiger partial charge in [-0.15, -0.1) is 11.3 Å². The molecule has 122 valence electrons. The Labute approximate surface area is 140 Å². The van der Waals surface area contributed by atoms with Gasteiger partial charge in [0.1, 0.15) is 6.04 Å². The molecule has 6 heteroatoms. The van der Waals surface area contributed by atoms with E-state index in [0.717, 1.165) is 5.56 Å². The SMILES string of the molecule is CNCCNC(=O)C(Cc1ccccc1)NC(=O)c1cccs1. The van der Waals surface area contributed by atoms with Gasteiger partial charge in [-0.1, -0.05) is 36.4 Å². The van der Waals surface area contributed by atoms with E-state index < -0.39 is 6.04 Å². The van der Waals surface area contributed by atoms with E-state index in [1.165, 1.54) is 11.3 Å². The van der Waals surface area contributed by atoms with Crippen molar-refractivity contribution in [2.75, 3.05) is 20.1 Å². The van der Waals surface area contributed by atoms with Gasteiger partial charge in [-0.05, 0) is 24.1 Å². The molecule has 5 nitrogen and oxygen atoms in total. The summed E-state index contributed by atoms with van der Waals surface area (Å²) in [6.07, 6.45) is 0.462. The molecule has 1 aromatic carbocycles. The van der Waals surface area contributed by atoms with Crippen LogP contribution in [0, 0.1) is 0 Å². The van der Waals surface area contributed by atoms with Crippen LogP contribution >= 0.6 is 11.3 Å². The molecule has 0 aliphatic carbocycles. The van der Waals surface area contributed by atoms with Gasteiger partial charge in [0.2, 0.25) is 5.91 Å². The Morgan fingerprint density at radius 1 is 1.09 bits per heavy atom. The third kappa shape index (κ3) is 5.50. The standard InChI is InChI=1S/C17H21N3O2S/c1-18-9-10-19-16(21)14(12-13-6-3-2-4-7-13)20-17(22)15-8-5-11-23-15/h2-8,11,14,18H,9-10,12H2,1H3,(H,19,21)(H,20,22). The van der Waals surface area contributed by atoms with Crippen LogP contribution in [-0.4, -0.2) is 38.0 Å². The molecule has 2 rings (SSSR count). The number of carbonyl (C=O) groups is 2. The second-order valence-corrected chi connectivity index (χ2v) is 6.04. The van der Waals surface area contributed by atoms with Crippen molar-refractivity contribution < 1.29 is 9.59 Å². The first-order valence-corrected chi connectivity index (χ1v) is 8.39. The van der Waals surface area contributed by atoms with Crippen molar-refractivity contribution in [3.8, 4) is 0 Å². The van der Waals surface area contributed by atoms with E-state index in [1.807, 2.05) is 48.8 Å². The summed E-state index contributed by atoms with van der Waals surface area (Å²) in [4.78, 5) is 25.2. The number of rotatable bonds is 8. The molecule has 0 aliphatic heterocycles. The van der Waals surface area contributed by atoms with Crippen LogP contribution in [0.3, 0.4) is 0 Å². The van der Waals surface area contributed by atoms with E-state index >= 15 is 0 Å². The molecule has 0 bridgehead atoms. The van der Waals surface area contributed by atoms with Gasteiger partial charge < -0.3 is 16.0 Å². The van der Waals surface area contributed by atoms with E-state index in [9.17, 15) is 9.59 Å². The zero-order valence-corrected chi connectivity index (χ0v) is 13.9. The fourth-order valence-electron chi connectivity index (χ4n) is 2.13. The first kappa shape index (κ1) is 17.2. The fraction of sp³-hybridized carbons (Fsp3) is 0.294. The van der Waals surface area contributed by atoms with E-state index in [2.05, 4.69) is 16.0 Å². The molecule has 3 N–H and O–H groups in total. The molecule has 1 atom stereocenters. The average molecular weight is 331 g/mol. The second-order valence-electron chi connectivity index (χ2n) is 5.09. The van der Waals surface area contributed by atoms with E-state index in [-0.39, 0.29) is 11.8 Å². The Hall–Kier alpha value is -2.18. The van der Waals surface area contributed by atoms with Gasteiger partial charge in [-0.3, -0.25) is 9.59 Å². The number of hydrogen-bond acceptors (Lipinski definition) is 4. The normalized spacial score (nSPS) is 11.7. The van der Waals surface area contributed by atoms with Crippen molar-refractivity contribution in [2.24, 2.45) is 0 Å². The average Bonchev–Trinajstić information content (AvgIpc) is 3.10. The van der Waals surface area contributed by atoms with Crippen LogP contribution in [0.15, 0.2) is 47.8 Å². The number of likely N-dealkylation sites (N-methyl/N-ethyl adjacent to an activating group) is 1. The van der Waals surface area contributed by atoms with Crippen LogP contribution in [0.1, 0.15) is 15.2 Å². The first-order valence-electron chi connectivity index (χ1n) is 7.51. The highest BCUT2D eigenvalue weighted by molar-refractivity contribution is 7.12. The van der Waals surface area contributed by atoms with Crippen molar-refractivity contribution in [3.05, 3.63) is 58.3 Å². The molecule has 0 fully saturated rings. The van der Waals surface area contributed by atoms with Gasteiger partial charge in [0.15, 0.2) is 0 Å². The lowest BCUT2D eigenvalue weighted by atomic mass is 10.1. The molecular formula is C17H21N3O2S. The number of benzene rings is 1. The topological polar surface area (TPSA) is 70.2 Å². The molecule has 2 aromatic rings. The molecule has 0 radical (unpaired) electrons. The Kier molecular flexibility index (Phi) is 6.77. The molecule has 2 amide bonds. The van der Waals surface area contributed by atoms with Crippen LogP contribution in [0.2, 0.25) is 0 Å². The Morgan fingerprint density at radius 2 is 1.87 bits per heavy atom. The highest BCUT2D eigenvalue weighted by Crippen LogP contribution is 2.10. The van der Waals surface area contributed by atoms with E-state index in [4.69, 9.17) is 0 Å². The maximum Gasteiger partial charge on any atom is 0.262 e. The summed E-state index contributed by atoms with van der Waals surface area (Å²) in [7, 11) is 1.83. The van der Waals surface area contributed by atoms with Gasteiger partial charge in [0.25, 0.3) is 5.91 Å². The van der Waals surface area contributed by atoms with Gasteiger partial charge in [-0.2, -0.15) is 0 Å². The minimum atomic E-state index is -0.594. The minimum absolute atomic E-state index is 0.172. The molecule has 23 heavy (non-hydrogen) atoms. The predicted octanol–water partition coefficient (Wildman–Crippen LogP) is 1.42. The van der Waals surface area contributed by atoms with Crippen molar-refractivity contribution in [1.82, 2.24) is 16.0 Å². The van der Waals surface area contributed by atoms with Crippen LogP contribution < -0.4 is 16.0 Å². The minimum Gasteiger partial charge on any atom is -0.353 e. The van der Waals surface area contributed by atoms with Crippen LogP contribution in [0.25, 0.3) is 0 Å². The zero-order chi connectivity index (χ0) is 16.5. The van der Waals surface area contributed by atoms with Crippen LogP contribution in [0.4, 0.5) is 0 Å². The van der Waals surface area contributed by atoms with Crippen LogP contribution in [0.5, 0.6) is 0 Å². The lowest BCUT2D eigenvalue weighted by Gasteiger charge is -2.18. The molecule has 0 saturated carbocycles. The van der Waals surface area contributed by atoms with E-state index in [0.29, 0.717) is 24.4 Å². The van der Waals surface area contributed by atoms with Gasteiger partial charge in [-0.25, -0.2) is 0 Å². The fourth-order valence-corrected chi connectivity index (χ4v) is 2.76. The Bertz CT molecular complexity index is 614. The molecule has 0 saturated heterocycles. The maximum absolute atomic E-state index is 12.4. The molecule has 1 aromatic heterocycles. The lowest BCUT2D eigenvalue weighted by molar-refractivity contribution is -0.122. The third-order valence-corrected chi connectivity index (χ3v) is 4.19. The Morgan fingerprint density at radius 3 is 2.52 bits per heavy atom. The van der Waals surface area contributed by atoms with Crippen molar-refractivity contribution in [1.29, 1.82) is 0 Å². The number of nitrogens with one attached hydrogen (secondary N) is 3. The monoisotopic (exact) mass is 331 g/mol. The summed E-state index contributed by atoms with van der Waals surface area (Å²) in [6.45, 7) is 1.21. The van der Waals surface area contributed by atoms with Crippen molar-refractivity contribution in [2.45, 2.75) is 12.5 Å². The lowest BCUT2D eigenvalue weighted by Crippen LogP contribution is -2.48. The first-order chi connectivity index (χ1) is 11.2. The molecule has 0 spiro atoms. The number of carbonyl (C=O) groups excluding carboxylic acids is 2. The molecule has 0 aliphatic rings. The highest BCUT2D eigenvalue weighted by atomic mass is 32.1. The van der Waals surface area contributed by atoms with Gasteiger partial charge in [0, 0.05) is 19.5 Å². The predicted molar refractivity (Wildman–Crippen MR) is 92.7 cm³/mol. The number of thiophene rings is 1. The summed E-state index contributed by atoms with van der Waals surface area (Å²) >= 11 is 1.36. The number of amides is 2. The number of hydrogen-bond donors (Lipinski definition) is 3. The third-order valence-electron chi connectivity index (χ3n) is 3.32. The smallest absolute Gasteiger partial charge is 0.262 e. The summed E-state index contributed by atoms with van der Waals surface area (Å²) in [5, 5.41) is 10.5. The summed E-state index contributed by atoms with van der Waals surface area (Å²) in [5.74, 6) is -0.390. The quantitative estimate of drug-likeness (QED) is 0.641. The van der Waals surface area contributed by atoms with Crippen molar-refractivity contribution >= 4 is 23.2 Å². The highest BCUT2D eigenvalue weighted by Gasteiger charge is 2.21. The summed E-state index contributed by atoms with van der Waals surface area (Å²) in [6, 6.07) is 12.6. The van der Waals surface area contributed by atoms with Gasteiger partial charge in [0.05, 0.1) is 4.88 Å². The molecular weight excluding hydrogens is 310 g/mol. The maximum atomic E-state index is 12.4. The van der Waals surface area contributed by atoms with E-state index in [1.54, 1.807) is 6.07 Å². The van der Waals surface area contributed by atoms with Gasteiger partial charge >= 0.3 is 0 Å². The molecule has 1 heterocycles.